The van der Waals surface area contributed by atoms with Gasteiger partial charge in [0.25, 0.3) is 0 Å². The molecule has 7 heteroatoms. The molecule has 5 nitrogen and oxygen atoms in total. The molecule has 0 aliphatic carbocycles. The molecule has 0 aliphatic rings. The summed E-state index contributed by atoms with van der Waals surface area (Å²) in [6.07, 6.45) is 1.47. The van der Waals surface area contributed by atoms with E-state index in [2.05, 4.69) is 21.0 Å². The molecule has 3 N–H and O–H groups in total. The van der Waals surface area contributed by atoms with Crippen molar-refractivity contribution in [3.63, 3.8) is 0 Å². The van der Waals surface area contributed by atoms with E-state index in [0.717, 1.165) is 5.56 Å². The molecular formula is C13H13BrClN3O2. The first kappa shape index (κ1) is 15.0. The van der Waals surface area contributed by atoms with Crippen molar-refractivity contribution in [2.24, 2.45) is 5.73 Å². The lowest BCUT2D eigenvalue weighted by Crippen LogP contribution is -2.20. The molecule has 2 aromatic rings. The summed E-state index contributed by atoms with van der Waals surface area (Å²) < 4.78 is 2.40. The minimum Gasteiger partial charge on any atom is -0.481 e. The van der Waals surface area contributed by atoms with Gasteiger partial charge in [-0.3, -0.25) is 9.48 Å². The van der Waals surface area contributed by atoms with Crippen molar-refractivity contribution in [2.45, 2.75) is 19.0 Å². The molecule has 1 unspecified atom stereocenters. The molecule has 1 atom stereocenters. The lowest BCUT2D eigenvalue weighted by Gasteiger charge is -2.13. The third-order valence-electron chi connectivity index (χ3n) is 2.82. The molecule has 0 saturated carbocycles. The lowest BCUT2D eigenvalue weighted by molar-refractivity contribution is -0.137. The van der Waals surface area contributed by atoms with Gasteiger partial charge >= 0.3 is 5.97 Å². The number of halogens is 2. The second-order valence-corrected chi connectivity index (χ2v) is 5.66. The Bertz CT molecular complexity index is 613. The topological polar surface area (TPSA) is 81.1 Å². The van der Waals surface area contributed by atoms with Gasteiger partial charge < -0.3 is 10.8 Å². The van der Waals surface area contributed by atoms with E-state index in [1.165, 1.54) is 0 Å². The number of carboxylic acids is 1. The van der Waals surface area contributed by atoms with Crippen LogP contribution >= 0.6 is 27.5 Å². The minimum absolute atomic E-state index is 0.148. The fraction of sp³-hybridized carbons (Fsp3) is 0.231. The van der Waals surface area contributed by atoms with Crippen molar-refractivity contribution in [3.05, 3.63) is 51.2 Å². The highest BCUT2D eigenvalue weighted by Crippen LogP contribution is 2.25. The quantitative estimate of drug-likeness (QED) is 0.861. The van der Waals surface area contributed by atoms with Crippen LogP contribution in [0.1, 0.15) is 23.7 Å². The molecule has 1 heterocycles. The fourth-order valence-electron chi connectivity index (χ4n) is 1.91. The van der Waals surface area contributed by atoms with Crippen molar-refractivity contribution in [2.75, 3.05) is 0 Å². The molecule has 1 aromatic heterocycles. The number of carboxylic acid groups (broad SMARTS) is 1. The number of hydrogen-bond donors (Lipinski definition) is 2. The van der Waals surface area contributed by atoms with E-state index < -0.39 is 12.0 Å². The van der Waals surface area contributed by atoms with Crippen molar-refractivity contribution in [1.29, 1.82) is 0 Å². The highest BCUT2D eigenvalue weighted by Gasteiger charge is 2.19. The standard InChI is InChI=1S/C13H13BrClN3O2/c14-10-6-17-18(13(10)11(16)5-12(19)20)7-8-1-3-9(15)4-2-8/h1-4,6,11H,5,7,16H2,(H,19,20). The predicted molar refractivity (Wildman–Crippen MR) is 79.7 cm³/mol. The summed E-state index contributed by atoms with van der Waals surface area (Å²) in [5.41, 5.74) is 7.60. The lowest BCUT2D eigenvalue weighted by atomic mass is 10.1. The van der Waals surface area contributed by atoms with E-state index in [0.29, 0.717) is 21.7 Å². The Morgan fingerprint density at radius 2 is 2.10 bits per heavy atom. The van der Waals surface area contributed by atoms with Gasteiger partial charge in [-0.25, -0.2) is 0 Å². The second kappa shape index (κ2) is 6.39. The minimum atomic E-state index is -0.941. The van der Waals surface area contributed by atoms with Crippen LogP contribution in [0.5, 0.6) is 0 Å². The van der Waals surface area contributed by atoms with Crippen LogP contribution in [-0.2, 0) is 11.3 Å². The molecule has 106 valence electrons. The van der Waals surface area contributed by atoms with Crippen LogP contribution in [0, 0.1) is 0 Å². The van der Waals surface area contributed by atoms with Gasteiger partial charge in [-0.15, -0.1) is 0 Å². The maximum Gasteiger partial charge on any atom is 0.305 e. The zero-order valence-corrected chi connectivity index (χ0v) is 12.8. The summed E-state index contributed by atoms with van der Waals surface area (Å²) in [7, 11) is 0. The SMILES string of the molecule is NC(CC(=O)O)c1c(Br)cnn1Cc1ccc(Cl)cc1. The van der Waals surface area contributed by atoms with Gasteiger partial charge in [0, 0.05) is 5.02 Å². The Labute approximate surface area is 129 Å². The van der Waals surface area contributed by atoms with E-state index in [9.17, 15) is 4.79 Å². The Morgan fingerprint density at radius 1 is 1.45 bits per heavy atom. The molecule has 0 bridgehead atoms. The maximum absolute atomic E-state index is 10.8. The predicted octanol–water partition coefficient (Wildman–Crippen LogP) is 2.82. The average molecular weight is 359 g/mol. The first-order valence-electron chi connectivity index (χ1n) is 5.90. The number of nitrogens with two attached hydrogens (primary N) is 1. The molecule has 0 spiro atoms. The van der Waals surface area contributed by atoms with Crippen molar-refractivity contribution in [3.8, 4) is 0 Å². The summed E-state index contributed by atoms with van der Waals surface area (Å²) in [6.45, 7) is 0.505. The van der Waals surface area contributed by atoms with Gasteiger partial charge in [-0.1, -0.05) is 23.7 Å². The summed E-state index contributed by atoms with van der Waals surface area (Å²) in [5, 5.41) is 13.7. The van der Waals surface area contributed by atoms with E-state index in [4.69, 9.17) is 22.4 Å². The van der Waals surface area contributed by atoms with Gasteiger partial charge in [0.1, 0.15) is 0 Å². The van der Waals surface area contributed by atoms with Crippen molar-refractivity contribution >= 4 is 33.5 Å². The number of aliphatic carboxylic acids is 1. The molecule has 0 amide bonds. The number of hydrogen-bond acceptors (Lipinski definition) is 3. The first-order chi connectivity index (χ1) is 9.47. The molecule has 0 saturated heterocycles. The van der Waals surface area contributed by atoms with Gasteiger partial charge in [0.15, 0.2) is 0 Å². The van der Waals surface area contributed by atoms with Gasteiger partial charge in [0.05, 0.1) is 35.4 Å². The molecule has 0 radical (unpaired) electrons. The number of carbonyl (C=O) groups is 1. The van der Waals surface area contributed by atoms with Crippen LogP contribution in [0.25, 0.3) is 0 Å². The number of nitrogens with zero attached hydrogens (tertiary/aromatic N) is 2. The summed E-state index contributed by atoms with van der Waals surface area (Å²) in [6, 6.07) is 6.77. The largest absolute Gasteiger partial charge is 0.481 e. The third kappa shape index (κ3) is 3.59. The third-order valence-corrected chi connectivity index (χ3v) is 3.69. The van der Waals surface area contributed by atoms with E-state index in [-0.39, 0.29) is 6.42 Å². The molecular weight excluding hydrogens is 346 g/mol. The van der Waals surface area contributed by atoms with Gasteiger partial charge in [-0.2, -0.15) is 5.10 Å². The molecule has 2 rings (SSSR count). The van der Waals surface area contributed by atoms with Crippen LogP contribution in [0.15, 0.2) is 34.9 Å². The van der Waals surface area contributed by atoms with Crippen molar-refractivity contribution < 1.29 is 9.90 Å². The van der Waals surface area contributed by atoms with E-state index in [1.54, 1.807) is 23.0 Å². The van der Waals surface area contributed by atoms with Crippen LogP contribution in [-0.4, -0.2) is 20.9 Å². The van der Waals surface area contributed by atoms with Crippen LogP contribution in [0.2, 0.25) is 5.02 Å². The maximum atomic E-state index is 10.8. The van der Waals surface area contributed by atoms with Crippen LogP contribution in [0.3, 0.4) is 0 Å². The van der Waals surface area contributed by atoms with E-state index >= 15 is 0 Å². The van der Waals surface area contributed by atoms with Gasteiger partial charge in [0.2, 0.25) is 0 Å². The fourth-order valence-corrected chi connectivity index (χ4v) is 2.63. The van der Waals surface area contributed by atoms with Gasteiger partial charge in [-0.05, 0) is 33.6 Å². The molecule has 1 aromatic carbocycles. The monoisotopic (exact) mass is 357 g/mol. The number of benzene rings is 1. The van der Waals surface area contributed by atoms with Crippen molar-refractivity contribution in [1.82, 2.24) is 9.78 Å². The highest BCUT2D eigenvalue weighted by molar-refractivity contribution is 9.10. The molecule has 0 aliphatic heterocycles. The highest BCUT2D eigenvalue weighted by atomic mass is 79.9. The normalized spacial score (nSPS) is 12.3. The first-order valence-corrected chi connectivity index (χ1v) is 7.07. The molecule has 0 fully saturated rings. The number of rotatable bonds is 5. The Hall–Kier alpha value is -1.37. The Balaban J connectivity index is 2.24. The zero-order valence-electron chi connectivity index (χ0n) is 10.5. The summed E-state index contributed by atoms with van der Waals surface area (Å²) in [4.78, 5) is 10.8. The summed E-state index contributed by atoms with van der Waals surface area (Å²) >= 11 is 9.20. The van der Waals surface area contributed by atoms with E-state index in [1.807, 2.05) is 12.1 Å². The second-order valence-electron chi connectivity index (χ2n) is 4.37. The number of aromatic nitrogens is 2. The molecule has 20 heavy (non-hydrogen) atoms. The summed E-state index contributed by atoms with van der Waals surface area (Å²) in [5.74, 6) is -0.941. The smallest absolute Gasteiger partial charge is 0.305 e. The zero-order chi connectivity index (χ0) is 14.7. The average Bonchev–Trinajstić information content (AvgIpc) is 2.72. The van der Waals surface area contributed by atoms with Crippen LogP contribution in [0.4, 0.5) is 0 Å². The van der Waals surface area contributed by atoms with Crippen LogP contribution < -0.4 is 5.73 Å². The Kier molecular flexibility index (Phi) is 4.80. The Morgan fingerprint density at radius 3 is 2.70 bits per heavy atom.